The highest BCUT2D eigenvalue weighted by atomic mass is 16.2. The maximum Gasteiger partial charge on any atom is 0.255 e. The first-order valence-electron chi connectivity index (χ1n) is 9.91. The van der Waals surface area contributed by atoms with E-state index in [1.54, 1.807) is 11.0 Å². The first-order valence-corrected chi connectivity index (χ1v) is 9.91. The van der Waals surface area contributed by atoms with Gasteiger partial charge in [-0.25, -0.2) is 4.68 Å². The highest BCUT2D eigenvalue weighted by Gasteiger charge is 2.39. The molecule has 1 atom stereocenters. The molecule has 150 valence electrons. The number of rotatable bonds is 3. The maximum absolute atomic E-state index is 12.9. The molecule has 30 heavy (non-hydrogen) atoms. The smallest absolute Gasteiger partial charge is 0.255 e. The molecule has 1 unspecified atom stereocenters. The lowest BCUT2D eigenvalue weighted by atomic mass is 10.0. The van der Waals surface area contributed by atoms with Crippen LogP contribution in [0.5, 0.6) is 0 Å². The fraction of sp³-hybridized carbons (Fsp3) is 0.217. The number of hydrogen-bond donors (Lipinski definition) is 1. The summed E-state index contributed by atoms with van der Waals surface area (Å²) in [5.74, 6) is -0.860. The highest BCUT2D eigenvalue weighted by molar-refractivity contribution is 6.05. The first kappa shape index (κ1) is 18.3. The van der Waals surface area contributed by atoms with Gasteiger partial charge in [0, 0.05) is 30.3 Å². The number of imide groups is 1. The van der Waals surface area contributed by atoms with Gasteiger partial charge in [-0.1, -0.05) is 30.3 Å². The third kappa shape index (κ3) is 2.99. The third-order valence-electron chi connectivity index (χ3n) is 5.72. The van der Waals surface area contributed by atoms with Gasteiger partial charge in [-0.15, -0.1) is 0 Å². The molecule has 3 amide bonds. The van der Waals surface area contributed by atoms with Gasteiger partial charge < -0.3 is 4.90 Å². The molecule has 2 aliphatic heterocycles. The zero-order chi connectivity index (χ0) is 20.8. The van der Waals surface area contributed by atoms with Gasteiger partial charge in [-0.05, 0) is 42.7 Å². The zero-order valence-corrected chi connectivity index (χ0v) is 16.5. The van der Waals surface area contributed by atoms with Gasteiger partial charge in [-0.3, -0.25) is 19.7 Å². The van der Waals surface area contributed by atoms with Crippen LogP contribution in [0.2, 0.25) is 0 Å². The summed E-state index contributed by atoms with van der Waals surface area (Å²) in [5.41, 5.74) is 5.33. The number of aryl methyl sites for hydroxylation is 1. The molecule has 1 fully saturated rings. The fourth-order valence-corrected chi connectivity index (χ4v) is 4.18. The lowest BCUT2D eigenvalue weighted by Gasteiger charge is -2.29. The van der Waals surface area contributed by atoms with Crippen molar-refractivity contribution in [2.45, 2.75) is 32.4 Å². The van der Waals surface area contributed by atoms with Crippen LogP contribution in [0, 0.1) is 6.92 Å². The van der Waals surface area contributed by atoms with Crippen LogP contribution in [-0.4, -0.2) is 38.4 Å². The molecule has 1 N–H and O–H groups in total. The molecule has 0 radical (unpaired) electrons. The van der Waals surface area contributed by atoms with Gasteiger partial charge >= 0.3 is 0 Å². The first-order chi connectivity index (χ1) is 14.5. The monoisotopic (exact) mass is 400 g/mol. The highest BCUT2D eigenvalue weighted by Crippen LogP contribution is 2.30. The van der Waals surface area contributed by atoms with E-state index >= 15 is 0 Å². The maximum atomic E-state index is 12.9. The molecular weight excluding hydrogens is 380 g/mol. The molecule has 0 aliphatic carbocycles. The van der Waals surface area contributed by atoms with E-state index in [1.165, 1.54) is 0 Å². The summed E-state index contributed by atoms with van der Waals surface area (Å²) in [5, 5.41) is 7.07. The van der Waals surface area contributed by atoms with Crippen LogP contribution in [0.1, 0.15) is 34.3 Å². The van der Waals surface area contributed by atoms with E-state index in [2.05, 4.69) is 5.32 Å². The minimum Gasteiger partial charge on any atom is -0.322 e. The largest absolute Gasteiger partial charge is 0.322 e. The summed E-state index contributed by atoms with van der Waals surface area (Å²) >= 11 is 0. The second kappa shape index (κ2) is 6.95. The molecule has 0 bridgehead atoms. The summed E-state index contributed by atoms with van der Waals surface area (Å²) in [4.78, 5) is 38.0. The molecule has 2 aromatic carbocycles. The van der Waals surface area contributed by atoms with Crippen LogP contribution >= 0.6 is 0 Å². The van der Waals surface area contributed by atoms with Gasteiger partial charge in [0.2, 0.25) is 11.8 Å². The number of carbonyl (C=O) groups excluding carboxylic acids is 3. The number of hydrogen-bond acceptors (Lipinski definition) is 4. The second-order valence-electron chi connectivity index (χ2n) is 7.71. The molecule has 0 saturated carbocycles. The molecule has 5 rings (SSSR count). The molecule has 7 nitrogen and oxygen atoms in total. The van der Waals surface area contributed by atoms with Crippen molar-refractivity contribution in [3.8, 4) is 16.9 Å². The molecule has 2 aliphatic rings. The summed E-state index contributed by atoms with van der Waals surface area (Å²) < 4.78 is 1.82. The zero-order valence-electron chi connectivity index (χ0n) is 16.5. The van der Waals surface area contributed by atoms with E-state index in [-0.39, 0.29) is 18.2 Å². The van der Waals surface area contributed by atoms with E-state index in [0.29, 0.717) is 18.5 Å². The van der Waals surface area contributed by atoms with Crippen LogP contribution in [0.4, 0.5) is 0 Å². The standard InChI is InChI=1S/C23H20N4O3/c1-14-12-27(25-21(14)15-5-3-2-4-6-15)17-7-8-18-16(11-17)13-26(23(18)30)19-9-10-20(28)24-22(19)29/h2-8,11-12,19H,9-10,13H2,1H3,(H,24,28,29). The average molecular weight is 400 g/mol. The van der Waals surface area contributed by atoms with Gasteiger partial charge in [0.25, 0.3) is 5.91 Å². The molecule has 3 aromatic rings. The number of carbonyl (C=O) groups is 3. The van der Waals surface area contributed by atoms with E-state index in [1.807, 2.05) is 60.3 Å². The molecular formula is C23H20N4O3. The van der Waals surface area contributed by atoms with Crippen molar-refractivity contribution in [3.05, 3.63) is 71.4 Å². The molecule has 3 heterocycles. The lowest BCUT2D eigenvalue weighted by molar-refractivity contribution is -0.136. The van der Waals surface area contributed by atoms with Crippen LogP contribution in [0.3, 0.4) is 0 Å². The van der Waals surface area contributed by atoms with Crippen LogP contribution in [0.25, 0.3) is 16.9 Å². The lowest BCUT2D eigenvalue weighted by Crippen LogP contribution is -2.52. The summed E-state index contributed by atoms with van der Waals surface area (Å²) in [6.07, 6.45) is 2.57. The van der Waals surface area contributed by atoms with Crippen molar-refractivity contribution >= 4 is 17.7 Å². The summed E-state index contributed by atoms with van der Waals surface area (Å²) in [6, 6.07) is 15.0. The van der Waals surface area contributed by atoms with Gasteiger partial charge in [0.15, 0.2) is 0 Å². The summed E-state index contributed by atoms with van der Waals surface area (Å²) in [7, 11) is 0. The van der Waals surface area contributed by atoms with Crippen LogP contribution < -0.4 is 5.32 Å². The molecule has 0 spiro atoms. The molecule has 1 saturated heterocycles. The van der Waals surface area contributed by atoms with Crippen LogP contribution in [0.15, 0.2) is 54.7 Å². The van der Waals surface area contributed by atoms with E-state index < -0.39 is 11.9 Å². The second-order valence-corrected chi connectivity index (χ2v) is 7.71. The third-order valence-corrected chi connectivity index (χ3v) is 5.72. The van der Waals surface area contributed by atoms with Crippen molar-refractivity contribution in [2.75, 3.05) is 0 Å². The Morgan fingerprint density at radius 2 is 1.87 bits per heavy atom. The number of amides is 3. The summed E-state index contributed by atoms with van der Waals surface area (Å²) in [6.45, 7) is 2.37. The normalized spacial score (nSPS) is 18.5. The predicted molar refractivity (Wildman–Crippen MR) is 110 cm³/mol. The van der Waals surface area contributed by atoms with Crippen molar-refractivity contribution in [1.82, 2.24) is 20.0 Å². The average Bonchev–Trinajstić information content (AvgIpc) is 3.29. The molecule has 1 aromatic heterocycles. The Bertz CT molecular complexity index is 1180. The Hall–Kier alpha value is -3.74. The number of fused-ring (bicyclic) bond motifs is 1. The topological polar surface area (TPSA) is 84.3 Å². The van der Waals surface area contributed by atoms with Crippen molar-refractivity contribution in [3.63, 3.8) is 0 Å². The Labute approximate surface area is 173 Å². The number of piperidine rings is 1. The van der Waals surface area contributed by atoms with E-state index in [9.17, 15) is 14.4 Å². The number of benzene rings is 2. The number of nitrogens with zero attached hydrogens (tertiary/aromatic N) is 3. The van der Waals surface area contributed by atoms with Crippen molar-refractivity contribution < 1.29 is 14.4 Å². The predicted octanol–water partition coefficient (Wildman–Crippen LogP) is 2.61. The minimum absolute atomic E-state index is 0.173. The Kier molecular flexibility index (Phi) is 4.24. The quantitative estimate of drug-likeness (QED) is 0.685. The Balaban J connectivity index is 1.44. The SMILES string of the molecule is Cc1cn(-c2ccc3c(c2)CN(C2CCC(=O)NC2=O)C3=O)nc1-c1ccccc1. The number of nitrogens with one attached hydrogen (secondary N) is 1. The van der Waals surface area contributed by atoms with Crippen LogP contribution in [-0.2, 0) is 16.1 Å². The molecule has 7 heteroatoms. The minimum atomic E-state index is -0.609. The van der Waals surface area contributed by atoms with E-state index in [4.69, 9.17) is 5.10 Å². The van der Waals surface area contributed by atoms with Crippen molar-refractivity contribution in [2.24, 2.45) is 0 Å². The van der Waals surface area contributed by atoms with Gasteiger partial charge in [0.1, 0.15) is 6.04 Å². The fourth-order valence-electron chi connectivity index (χ4n) is 4.18. The van der Waals surface area contributed by atoms with Crippen molar-refractivity contribution in [1.29, 1.82) is 0 Å². The van der Waals surface area contributed by atoms with E-state index in [0.717, 1.165) is 28.1 Å². The Morgan fingerprint density at radius 1 is 1.07 bits per heavy atom. The number of aromatic nitrogens is 2. The van der Waals surface area contributed by atoms with Gasteiger partial charge in [0.05, 0.1) is 11.4 Å². The van der Waals surface area contributed by atoms with Gasteiger partial charge in [-0.2, -0.15) is 5.10 Å². The Morgan fingerprint density at radius 3 is 2.63 bits per heavy atom.